The number of phenolic OH excluding ortho intramolecular Hbond substituents is 1. The van der Waals surface area contributed by atoms with E-state index in [0.29, 0.717) is 11.3 Å². The lowest BCUT2D eigenvalue weighted by molar-refractivity contribution is -0.122. The number of hydrogen-bond acceptors (Lipinski definition) is 5. The van der Waals surface area contributed by atoms with Crippen LogP contribution in [0.15, 0.2) is 52.5 Å². The van der Waals surface area contributed by atoms with E-state index < -0.39 is 17.8 Å². The number of urea groups is 1. The van der Waals surface area contributed by atoms with E-state index in [0.717, 1.165) is 9.37 Å². The first-order chi connectivity index (χ1) is 12.4. The Labute approximate surface area is 157 Å². The molecule has 2 N–H and O–H groups in total. The van der Waals surface area contributed by atoms with E-state index >= 15 is 0 Å². The fraction of sp³-hybridized carbons (Fsp3) is 0.0556. The Morgan fingerprint density at radius 1 is 1.12 bits per heavy atom. The van der Waals surface area contributed by atoms with Crippen molar-refractivity contribution in [2.45, 2.75) is 0 Å². The smallest absolute Gasteiger partial charge is 0.335 e. The third-order valence-corrected chi connectivity index (χ3v) is 4.23. The SMILES string of the molecule is COc1ccc(C=C2C(=O)NC(=O)N(c3ccc(Br)cc3)C2=O)cc1O. The Hall–Kier alpha value is -3.13. The summed E-state index contributed by atoms with van der Waals surface area (Å²) in [4.78, 5) is 37.8. The predicted octanol–water partition coefficient (Wildman–Crippen LogP) is 2.83. The van der Waals surface area contributed by atoms with Crippen molar-refractivity contribution in [2.24, 2.45) is 0 Å². The number of ether oxygens (including phenoxy) is 1. The number of carbonyl (C=O) groups is 3. The summed E-state index contributed by atoms with van der Waals surface area (Å²) in [6.07, 6.45) is 1.30. The molecule has 4 amide bonds. The maximum absolute atomic E-state index is 12.7. The van der Waals surface area contributed by atoms with Gasteiger partial charge >= 0.3 is 6.03 Å². The molecule has 132 valence electrons. The van der Waals surface area contributed by atoms with Gasteiger partial charge in [-0.25, -0.2) is 9.69 Å². The molecular formula is C18H13BrN2O5. The molecule has 0 radical (unpaired) electrons. The van der Waals surface area contributed by atoms with E-state index in [1.54, 1.807) is 30.3 Å². The molecule has 0 aromatic heterocycles. The number of halogens is 1. The highest BCUT2D eigenvalue weighted by atomic mass is 79.9. The number of nitrogens with zero attached hydrogens (tertiary/aromatic N) is 1. The molecule has 0 bridgehead atoms. The average molecular weight is 417 g/mol. The minimum Gasteiger partial charge on any atom is -0.504 e. The number of benzene rings is 2. The van der Waals surface area contributed by atoms with Gasteiger partial charge in [0, 0.05) is 4.47 Å². The number of phenols is 1. The van der Waals surface area contributed by atoms with Crippen LogP contribution >= 0.6 is 15.9 Å². The fourth-order valence-electron chi connectivity index (χ4n) is 2.45. The zero-order valence-corrected chi connectivity index (χ0v) is 15.1. The highest BCUT2D eigenvalue weighted by Crippen LogP contribution is 2.28. The minimum atomic E-state index is -0.822. The maximum atomic E-state index is 12.7. The van der Waals surface area contributed by atoms with Crippen LogP contribution in [0.5, 0.6) is 11.5 Å². The van der Waals surface area contributed by atoms with Gasteiger partial charge in [0.2, 0.25) is 0 Å². The second-order valence-electron chi connectivity index (χ2n) is 5.37. The highest BCUT2D eigenvalue weighted by Gasteiger charge is 2.36. The molecular weight excluding hydrogens is 404 g/mol. The topological polar surface area (TPSA) is 95.9 Å². The minimum absolute atomic E-state index is 0.133. The molecule has 1 heterocycles. The summed E-state index contributed by atoms with van der Waals surface area (Å²) in [5.74, 6) is -1.43. The van der Waals surface area contributed by atoms with Gasteiger partial charge in [0.15, 0.2) is 11.5 Å². The first-order valence-electron chi connectivity index (χ1n) is 7.44. The summed E-state index contributed by atoms with van der Waals surface area (Å²) in [7, 11) is 1.41. The third kappa shape index (κ3) is 3.31. The standard InChI is InChI=1S/C18H13BrN2O5/c1-26-15-7-2-10(9-14(15)22)8-13-16(23)20-18(25)21(17(13)24)12-5-3-11(19)4-6-12/h2-9,22H,1H3,(H,20,23,25). The van der Waals surface area contributed by atoms with Crippen LogP contribution in [0.2, 0.25) is 0 Å². The van der Waals surface area contributed by atoms with Crippen molar-refractivity contribution in [1.29, 1.82) is 0 Å². The molecule has 7 nitrogen and oxygen atoms in total. The first kappa shape index (κ1) is 17.7. The number of aromatic hydroxyl groups is 1. The number of anilines is 1. The normalized spacial score (nSPS) is 16.0. The monoisotopic (exact) mass is 416 g/mol. The van der Waals surface area contributed by atoms with Gasteiger partial charge in [0.1, 0.15) is 5.57 Å². The van der Waals surface area contributed by atoms with E-state index in [4.69, 9.17) is 4.74 Å². The first-order valence-corrected chi connectivity index (χ1v) is 8.24. The number of nitrogens with one attached hydrogen (secondary N) is 1. The molecule has 0 atom stereocenters. The van der Waals surface area contributed by atoms with Gasteiger partial charge in [-0.15, -0.1) is 0 Å². The molecule has 0 unspecified atom stereocenters. The van der Waals surface area contributed by atoms with Gasteiger partial charge < -0.3 is 9.84 Å². The van der Waals surface area contributed by atoms with Crippen LogP contribution < -0.4 is 15.0 Å². The number of carbonyl (C=O) groups excluding carboxylic acids is 3. The zero-order chi connectivity index (χ0) is 18.8. The van der Waals surface area contributed by atoms with Crippen molar-refractivity contribution >= 4 is 45.5 Å². The van der Waals surface area contributed by atoms with Gasteiger partial charge in [-0.2, -0.15) is 0 Å². The molecule has 0 aliphatic carbocycles. The van der Waals surface area contributed by atoms with Crippen LogP contribution in [0.1, 0.15) is 5.56 Å². The van der Waals surface area contributed by atoms with E-state index in [1.807, 2.05) is 0 Å². The highest BCUT2D eigenvalue weighted by molar-refractivity contribution is 9.10. The molecule has 0 spiro atoms. The number of imide groups is 2. The van der Waals surface area contributed by atoms with E-state index in [2.05, 4.69) is 21.2 Å². The Kier molecular flexibility index (Phi) is 4.77. The number of hydrogen-bond donors (Lipinski definition) is 2. The Morgan fingerprint density at radius 2 is 1.81 bits per heavy atom. The van der Waals surface area contributed by atoms with Gasteiger partial charge in [-0.1, -0.05) is 22.0 Å². The van der Waals surface area contributed by atoms with Crippen LogP contribution in [0.25, 0.3) is 6.08 Å². The second kappa shape index (κ2) is 7.01. The quantitative estimate of drug-likeness (QED) is 0.592. The van der Waals surface area contributed by atoms with Crippen LogP contribution in [0.3, 0.4) is 0 Å². The van der Waals surface area contributed by atoms with Gasteiger partial charge in [0.05, 0.1) is 12.8 Å². The molecule has 8 heteroatoms. The van der Waals surface area contributed by atoms with Crippen molar-refractivity contribution in [2.75, 3.05) is 12.0 Å². The van der Waals surface area contributed by atoms with Gasteiger partial charge in [-0.3, -0.25) is 14.9 Å². The summed E-state index contributed by atoms with van der Waals surface area (Å²) >= 11 is 3.28. The number of methoxy groups -OCH3 is 1. The summed E-state index contributed by atoms with van der Waals surface area (Å²) in [6, 6.07) is 10.1. The molecule has 26 heavy (non-hydrogen) atoms. The molecule has 0 saturated carbocycles. The maximum Gasteiger partial charge on any atom is 0.335 e. The number of barbiturate groups is 1. The molecule has 1 saturated heterocycles. The number of amides is 4. The van der Waals surface area contributed by atoms with E-state index in [1.165, 1.54) is 25.3 Å². The van der Waals surface area contributed by atoms with Crippen molar-refractivity contribution < 1.29 is 24.2 Å². The summed E-state index contributed by atoms with van der Waals surface area (Å²) in [5, 5.41) is 12.0. The molecule has 2 aromatic carbocycles. The zero-order valence-electron chi connectivity index (χ0n) is 13.5. The summed E-state index contributed by atoms with van der Waals surface area (Å²) in [5.41, 5.74) is 0.510. The van der Waals surface area contributed by atoms with Crippen molar-refractivity contribution in [3.8, 4) is 11.5 Å². The number of rotatable bonds is 3. The van der Waals surface area contributed by atoms with E-state index in [-0.39, 0.29) is 17.1 Å². The lowest BCUT2D eigenvalue weighted by Crippen LogP contribution is -2.54. The Bertz CT molecular complexity index is 937. The lowest BCUT2D eigenvalue weighted by Gasteiger charge is -2.26. The molecule has 3 rings (SSSR count). The third-order valence-electron chi connectivity index (χ3n) is 3.70. The van der Waals surface area contributed by atoms with Crippen molar-refractivity contribution in [3.63, 3.8) is 0 Å². The van der Waals surface area contributed by atoms with Crippen LogP contribution in [-0.4, -0.2) is 30.1 Å². The lowest BCUT2D eigenvalue weighted by atomic mass is 10.1. The fourth-order valence-corrected chi connectivity index (χ4v) is 2.71. The van der Waals surface area contributed by atoms with Gasteiger partial charge in [-0.05, 0) is 48.0 Å². The Morgan fingerprint density at radius 3 is 2.42 bits per heavy atom. The van der Waals surface area contributed by atoms with Crippen molar-refractivity contribution in [3.05, 3.63) is 58.1 Å². The van der Waals surface area contributed by atoms with E-state index in [9.17, 15) is 19.5 Å². The van der Waals surface area contributed by atoms with Crippen LogP contribution in [-0.2, 0) is 9.59 Å². The summed E-state index contributed by atoms with van der Waals surface area (Å²) < 4.78 is 5.74. The van der Waals surface area contributed by atoms with Gasteiger partial charge in [0.25, 0.3) is 11.8 Å². The van der Waals surface area contributed by atoms with Crippen molar-refractivity contribution in [1.82, 2.24) is 5.32 Å². The Balaban J connectivity index is 1.99. The predicted molar refractivity (Wildman–Crippen MR) is 97.8 cm³/mol. The molecule has 1 fully saturated rings. The molecule has 2 aromatic rings. The molecule has 1 aliphatic heterocycles. The second-order valence-corrected chi connectivity index (χ2v) is 6.28. The largest absolute Gasteiger partial charge is 0.504 e. The van der Waals surface area contributed by atoms with Crippen LogP contribution in [0, 0.1) is 0 Å². The average Bonchev–Trinajstić information content (AvgIpc) is 2.60. The summed E-state index contributed by atoms with van der Waals surface area (Å²) in [6.45, 7) is 0. The van der Waals surface area contributed by atoms with Crippen LogP contribution in [0.4, 0.5) is 10.5 Å². The molecule has 1 aliphatic rings.